The molecule has 6 nitrogen and oxygen atoms in total. The predicted octanol–water partition coefficient (Wildman–Crippen LogP) is 4.78. The summed E-state index contributed by atoms with van der Waals surface area (Å²) < 4.78 is 5.52. The van der Waals surface area contributed by atoms with Gasteiger partial charge in [0.05, 0.1) is 18.0 Å². The summed E-state index contributed by atoms with van der Waals surface area (Å²) in [5.74, 6) is 0.411. The van der Waals surface area contributed by atoms with Gasteiger partial charge in [0.1, 0.15) is 11.4 Å². The van der Waals surface area contributed by atoms with Gasteiger partial charge < -0.3 is 4.74 Å². The van der Waals surface area contributed by atoms with Gasteiger partial charge in [-0.25, -0.2) is 5.43 Å². The van der Waals surface area contributed by atoms with Crippen molar-refractivity contribution in [3.63, 3.8) is 0 Å². The fourth-order valence-corrected chi connectivity index (χ4v) is 3.29. The lowest BCUT2D eigenvalue weighted by Crippen LogP contribution is -2.19. The predicted molar refractivity (Wildman–Crippen MR) is 119 cm³/mol. The number of nitrogens with zero attached hydrogens (tertiary/aromatic N) is 2. The first kappa shape index (κ1) is 19.4. The minimum absolute atomic E-state index is 0.335. The molecule has 2 N–H and O–H groups in total. The van der Waals surface area contributed by atoms with Crippen LogP contribution >= 0.6 is 0 Å². The number of aromatic nitrogens is 2. The number of carbonyl (C=O) groups is 1. The van der Waals surface area contributed by atoms with E-state index in [-0.39, 0.29) is 5.91 Å². The molecule has 3 aromatic carbocycles. The highest BCUT2D eigenvalue weighted by molar-refractivity contribution is 6.10. The molecule has 6 heteroatoms. The van der Waals surface area contributed by atoms with Crippen molar-refractivity contribution >= 4 is 22.4 Å². The zero-order valence-electron chi connectivity index (χ0n) is 16.8. The number of amides is 1. The Morgan fingerprint density at radius 1 is 1.07 bits per heavy atom. The average molecular weight is 398 g/mol. The maximum absolute atomic E-state index is 12.5. The quantitative estimate of drug-likeness (QED) is 0.362. The monoisotopic (exact) mass is 398 g/mol. The third kappa shape index (κ3) is 4.07. The van der Waals surface area contributed by atoms with Crippen molar-refractivity contribution in [3.8, 4) is 17.0 Å². The molecule has 4 rings (SSSR count). The van der Waals surface area contributed by atoms with Crippen LogP contribution in [0.5, 0.6) is 5.75 Å². The van der Waals surface area contributed by atoms with Crippen LogP contribution in [-0.4, -0.2) is 28.4 Å². The molecule has 1 amide bonds. The number of rotatable bonds is 6. The molecule has 0 bridgehead atoms. The van der Waals surface area contributed by atoms with E-state index in [1.165, 1.54) is 0 Å². The fourth-order valence-electron chi connectivity index (χ4n) is 3.29. The van der Waals surface area contributed by atoms with Crippen molar-refractivity contribution in [2.24, 2.45) is 5.10 Å². The van der Waals surface area contributed by atoms with Crippen LogP contribution in [0.1, 0.15) is 29.9 Å². The Bertz CT molecular complexity index is 1220. The zero-order chi connectivity index (χ0) is 20.9. The van der Waals surface area contributed by atoms with Gasteiger partial charge in [0.25, 0.3) is 5.91 Å². The molecule has 4 aromatic rings. The van der Waals surface area contributed by atoms with E-state index in [0.717, 1.165) is 33.4 Å². The number of hydrogen-bond donors (Lipinski definition) is 2. The van der Waals surface area contributed by atoms with Gasteiger partial charge in [0.2, 0.25) is 0 Å². The summed E-state index contributed by atoms with van der Waals surface area (Å²) in [5.41, 5.74) is 6.18. The molecular formula is C24H22N4O2. The average Bonchev–Trinajstić information content (AvgIpc) is 3.28. The first-order valence-electron chi connectivity index (χ1n) is 9.77. The molecule has 0 radical (unpaired) electrons. The molecule has 0 fully saturated rings. The molecule has 0 atom stereocenters. The Balaban J connectivity index is 1.51. The molecule has 0 unspecified atom stereocenters. The first-order valence-corrected chi connectivity index (χ1v) is 9.77. The Kier molecular flexibility index (Phi) is 5.57. The molecule has 0 saturated heterocycles. The Morgan fingerprint density at radius 2 is 1.87 bits per heavy atom. The summed E-state index contributed by atoms with van der Waals surface area (Å²) in [5, 5.41) is 13.5. The molecule has 0 aliphatic carbocycles. The minimum Gasteiger partial charge on any atom is -0.494 e. The number of hydrogen-bond acceptors (Lipinski definition) is 4. The number of hydrazone groups is 1. The molecule has 0 saturated carbocycles. The van der Waals surface area contributed by atoms with Crippen LogP contribution in [0, 0.1) is 0 Å². The highest BCUT2D eigenvalue weighted by Crippen LogP contribution is 2.23. The third-order valence-electron chi connectivity index (χ3n) is 4.77. The van der Waals surface area contributed by atoms with E-state index >= 15 is 0 Å². The number of H-pyrrole nitrogens is 1. The molecular weight excluding hydrogens is 376 g/mol. The van der Waals surface area contributed by atoms with E-state index in [1.54, 1.807) is 6.07 Å². The summed E-state index contributed by atoms with van der Waals surface area (Å²) in [4.78, 5) is 12.5. The van der Waals surface area contributed by atoms with Gasteiger partial charge in [-0.3, -0.25) is 9.89 Å². The summed E-state index contributed by atoms with van der Waals surface area (Å²) in [6.07, 6.45) is 0. The second-order valence-electron chi connectivity index (χ2n) is 6.79. The molecule has 1 aromatic heterocycles. The summed E-state index contributed by atoms with van der Waals surface area (Å²) >= 11 is 0. The normalized spacial score (nSPS) is 11.5. The van der Waals surface area contributed by atoms with E-state index in [1.807, 2.05) is 68.4 Å². The van der Waals surface area contributed by atoms with Crippen molar-refractivity contribution in [3.05, 3.63) is 84.1 Å². The molecule has 0 spiro atoms. The summed E-state index contributed by atoms with van der Waals surface area (Å²) in [6, 6.07) is 23.4. The van der Waals surface area contributed by atoms with Crippen LogP contribution < -0.4 is 10.2 Å². The second-order valence-corrected chi connectivity index (χ2v) is 6.79. The molecule has 150 valence electrons. The lowest BCUT2D eigenvalue weighted by atomic mass is 10.0. The van der Waals surface area contributed by atoms with E-state index in [0.29, 0.717) is 18.0 Å². The molecule has 1 heterocycles. The van der Waals surface area contributed by atoms with E-state index in [4.69, 9.17) is 4.74 Å². The number of aromatic amines is 1. The minimum atomic E-state index is -0.353. The number of carbonyl (C=O) groups excluding carboxylic acids is 1. The van der Waals surface area contributed by atoms with Gasteiger partial charge in [0.15, 0.2) is 0 Å². The second kappa shape index (κ2) is 8.61. The number of nitrogens with one attached hydrogen (secondary N) is 2. The maximum Gasteiger partial charge on any atom is 0.289 e. The number of fused-ring (bicyclic) bond motifs is 1. The SMILES string of the molecule is CCOc1cccc(-c2cc(C(=O)N/N=C(/C)c3cccc4ccccc34)[nH]n2)c1. The van der Waals surface area contributed by atoms with Gasteiger partial charge in [-0.15, -0.1) is 0 Å². The highest BCUT2D eigenvalue weighted by atomic mass is 16.5. The number of ether oxygens (including phenoxy) is 1. The smallest absolute Gasteiger partial charge is 0.289 e. The molecule has 0 aliphatic rings. The number of benzene rings is 3. The van der Waals surface area contributed by atoms with Crippen LogP contribution in [0.25, 0.3) is 22.0 Å². The van der Waals surface area contributed by atoms with Gasteiger partial charge in [-0.2, -0.15) is 10.2 Å². The first-order chi connectivity index (χ1) is 14.7. The Labute approximate surface area is 174 Å². The van der Waals surface area contributed by atoms with Crippen LogP contribution in [-0.2, 0) is 0 Å². The third-order valence-corrected chi connectivity index (χ3v) is 4.77. The lowest BCUT2D eigenvalue weighted by Gasteiger charge is -2.06. The van der Waals surface area contributed by atoms with E-state index < -0.39 is 0 Å². The van der Waals surface area contributed by atoms with Gasteiger partial charge in [0, 0.05) is 11.1 Å². The maximum atomic E-state index is 12.5. The van der Waals surface area contributed by atoms with Crippen molar-refractivity contribution in [2.75, 3.05) is 6.61 Å². The highest BCUT2D eigenvalue weighted by Gasteiger charge is 2.12. The molecule has 30 heavy (non-hydrogen) atoms. The summed E-state index contributed by atoms with van der Waals surface area (Å²) in [6.45, 7) is 4.40. The summed E-state index contributed by atoms with van der Waals surface area (Å²) in [7, 11) is 0. The van der Waals surface area contributed by atoms with E-state index in [9.17, 15) is 4.79 Å². The Hall–Kier alpha value is -3.93. The van der Waals surface area contributed by atoms with Crippen molar-refractivity contribution in [1.82, 2.24) is 15.6 Å². The van der Waals surface area contributed by atoms with Crippen LogP contribution in [0.15, 0.2) is 77.9 Å². The Morgan fingerprint density at radius 3 is 2.73 bits per heavy atom. The van der Waals surface area contributed by atoms with Crippen molar-refractivity contribution in [1.29, 1.82) is 0 Å². The van der Waals surface area contributed by atoms with Gasteiger partial charge in [-0.05, 0) is 42.8 Å². The van der Waals surface area contributed by atoms with E-state index in [2.05, 4.69) is 32.9 Å². The zero-order valence-corrected chi connectivity index (χ0v) is 16.8. The standard InChI is InChI=1S/C24H22N4O2/c1-3-30-19-11-6-10-18(14-19)22-15-23(27-26-22)24(29)28-25-16(2)20-13-7-9-17-8-4-5-12-21(17)20/h4-15H,3H2,1-2H3,(H,26,27)(H,28,29)/b25-16-. The van der Waals surface area contributed by atoms with Gasteiger partial charge in [-0.1, -0.05) is 54.6 Å². The fraction of sp³-hybridized carbons (Fsp3) is 0.125. The van der Waals surface area contributed by atoms with Crippen LogP contribution in [0.4, 0.5) is 0 Å². The van der Waals surface area contributed by atoms with Crippen LogP contribution in [0.2, 0.25) is 0 Å². The largest absolute Gasteiger partial charge is 0.494 e. The molecule has 0 aliphatic heterocycles. The topological polar surface area (TPSA) is 79.4 Å². The lowest BCUT2D eigenvalue weighted by molar-refractivity contribution is 0.0950. The van der Waals surface area contributed by atoms with Crippen LogP contribution in [0.3, 0.4) is 0 Å². The van der Waals surface area contributed by atoms with Crippen molar-refractivity contribution < 1.29 is 9.53 Å². The van der Waals surface area contributed by atoms with Gasteiger partial charge >= 0.3 is 0 Å². The van der Waals surface area contributed by atoms with Crippen molar-refractivity contribution in [2.45, 2.75) is 13.8 Å².